The summed E-state index contributed by atoms with van der Waals surface area (Å²) < 4.78 is 27.5. The molecule has 1 N–H and O–H groups in total. The van der Waals surface area contributed by atoms with Crippen molar-refractivity contribution < 1.29 is 22.7 Å². The Morgan fingerprint density at radius 3 is 2.36 bits per heavy atom. The van der Waals surface area contributed by atoms with Crippen LogP contribution in [0, 0.1) is 0 Å². The molecule has 1 aromatic carbocycles. The van der Waals surface area contributed by atoms with Crippen LogP contribution >= 0.6 is 11.3 Å². The Bertz CT molecular complexity index is 809. The SMILES string of the molecule is CC(=O)Oc1ccc(C(=O)Nc2nc(S(C)(=O)=O)cs2)cc1. The van der Waals surface area contributed by atoms with E-state index in [9.17, 15) is 18.0 Å². The molecule has 0 atom stereocenters. The smallest absolute Gasteiger partial charge is 0.308 e. The summed E-state index contributed by atoms with van der Waals surface area (Å²) in [7, 11) is -3.40. The van der Waals surface area contributed by atoms with E-state index in [0.29, 0.717) is 11.3 Å². The van der Waals surface area contributed by atoms with Crippen molar-refractivity contribution in [3.8, 4) is 5.75 Å². The lowest BCUT2D eigenvalue weighted by molar-refractivity contribution is -0.131. The minimum Gasteiger partial charge on any atom is -0.427 e. The average Bonchev–Trinajstić information content (AvgIpc) is 2.87. The molecule has 0 unspecified atom stereocenters. The van der Waals surface area contributed by atoms with Gasteiger partial charge in [0.25, 0.3) is 5.91 Å². The number of aromatic nitrogens is 1. The number of hydrogen-bond acceptors (Lipinski definition) is 7. The van der Waals surface area contributed by atoms with Crippen molar-refractivity contribution in [2.45, 2.75) is 11.9 Å². The van der Waals surface area contributed by atoms with Crippen LogP contribution in [0.4, 0.5) is 5.13 Å². The van der Waals surface area contributed by atoms with Crippen LogP contribution in [-0.4, -0.2) is 31.5 Å². The van der Waals surface area contributed by atoms with Crippen molar-refractivity contribution in [2.24, 2.45) is 0 Å². The summed E-state index contributed by atoms with van der Waals surface area (Å²) in [5.74, 6) is -0.560. The van der Waals surface area contributed by atoms with Crippen molar-refractivity contribution in [3.63, 3.8) is 0 Å². The van der Waals surface area contributed by atoms with Crippen molar-refractivity contribution in [2.75, 3.05) is 11.6 Å². The molecule has 0 aliphatic heterocycles. The number of benzene rings is 1. The van der Waals surface area contributed by atoms with Crippen molar-refractivity contribution in [1.82, 2.24) is 4.98 Å². The molecule has 0 bridgehead atoms. The fourth-order valence-corrected chi connectivity index (χ4v) is 3.22. The summed E-state index contributed by atoms with van der Waals surface area (Å²) in [6.45, 7) is 1.28. The van der Waals surface area contributed by atoms with Crippen LogP contribution in [0.1, 0.15) is 17.3 Å². The lowest BCUT2D eigenvalue weighted by Gasteiger charge is -2.04. The maximum Gasteiger partial charge on any atom is 0.308 e. The third-order valence-electron chi connectivity index (χ3n) is 2.46. The number of anilines is 1. The lowest BCUT2D eigenvalue weighted by atomic mass is 10.2. The zero-order valence-corrected chi connectivity index (χ0v) is 13.3. The van der Waals surface area contributed by atoms with E-state index in [-0.39, 0.29) is 10.2 Å². The molecule has 0 aliphatic rings. The van der Waals surface area contributed by atoms with Gasteiger partial charge in [-0.1, -0.05) is 0 Å². The number of amides is 1. The molecule has 0 fully saturated rings. The Labute approximate surface area is 130 Å². The minimum absolute atomic E-state index is 0.0852. The monoisotopic (exact) mass is 340 g/mol. The molecule has 1 amide bonds. The average molecular weight is 340 g/mol. The summed E-state index contributed by atoms with van der Waals surface area (Å²) in [5, 5.41) is 3.97. The van der Waals surface area contributed by atoms with Crippen LogP contribution in [0.25, 0.3) is 0 Å². The molecule has 0 saturated heterocycles. The van der Waals surface area contributed by atoms with Gasteiger partial charge >= 0.3 is 5.97 Å². The molecule has 116 valence electrons. The first kappa shape index (κ1) is 16.1. The van der Waals surface area contributed by atoms with Gasteiger partial charge in [0.15, 0.2) is 20.0 Å². The van der Waals surface area contributed by atoms with Gasteiger partial charge in [-0.15, -0.1) is 11.3 Å². The number of carbonyl (C=O) groups excluding carboxylic acids is 2. The largest absolute Gasteiger partial charge is 0.427 e. The van der Waals surface area contributed by atoms with E-state index in [1.807, 2.05) is 0 Å². The van der Waals surface area contributed by atoms with E-state index in [4.69, 9.17) is 4.74 Å². The molecule has 9 heteroatoms. The zero-order chi connectivity index (χ0) is 16.3. The Hall–Kier alpha value is -2.26. The second kappa shape index (κ2) is 6.24. The van der Waals surface area contributed by atoms with Crippen LogP contribution in [-0.2, 0) is 14.6 Å². The summed E-state index contributed by atoms with van der Waals surface area (Å²) in [5.41, 5.74) is 0.326. The topological polar surface area (TPSA) is 102 Å². The summed E-state index contributed by atoms with van der Waals surface area (Å²) >= 11 is 1.02. The van der Waals surface area contributed by atoms with Crippen LogP contribution in [0.2, 0.25) is 0 Å². The molecule has 0 spiro atoms. The van der Waals surface area contributed by atoms with Crippen LogP contribution < -0.4 is 10.1 Å². The van der Waals surface area contributed by atoms with Crippen LogP contribution in [0.15, 0.2) is 34.7 Å². The Kier molecular flexibility index (Phi) is 4.57. The summed E-state index contributed by atoms with van der Waals surface area (Å²) in [6, 6.07) is 5.94. The quantitative estimate of drug-likeness (QED) is 0.671. The fraction of sp³-hybridized carbons (Fsp3) is 0.154. The van der Waals surface area contributed by atoms with E-state index in [2.05, 4.69) is 10.3 Å². The number of esters is 1. The molecule has 22 heavy (non-hydrogen) atoms. The first-order valence-electron chi connectivity index (χ1n) is 6.01. The normalized spacial score (nSPS) is 11.0. The zero-order valence-electron chi connectivity index (χ0n) is 11.7. The molecule has 1 aromatic heterocycles. The molecular weight excluding hydrogens is 328 g/mol. The van der Waals surface area contributed by atoms with Crippen LogP contribution in [0.5, 0.6) is 5.75 Å². The number of thiazole rings is 1. The first-order valence-corrected chi connectivity index (χ1v) is 8.78. The predicted octanol–water partition coefficient (Wildman–Crippen LogP) is 1.72. The Balaban J connectivity index is 2.09. The van der Waals surface area contributed by atoms with E-state index < -0.39 is 21.7 Å². The third kappa shape index (κ3) is 4.12. The van der Waals surface area contributed by atoms with Gasteiger partial charge in [0.2, 0.25) is 0 Å². The molecule has 2 rings (SSSR count). The highest BCUT2D eigenvalue weighted by Crippen LogP contribution is 2.20. The Morgan fingerprint density at radius 2 is 1.86 bits per heavy atom. The number of nitrogens with one attached hydrogen (secondary N) is 1. The second-order valence-corrected chi connectivity index (χ2v) is 7.16. The molecule has 1 heterocycles. The van der Waals surface area contributed by atoms with E-state index in [1.54, 1.807) is 0 Å². The third-order valence-corrected chi connectivity index (χ3v) is 4.34. The first-order chi connectivity index (χ1) is 10.3. The Morgan fingerprint density at radius 1 is 1.23 bits per heavy atom. The maximum atomic E-state index is 12.0. The summed E-state index contributed by atoms with van der Waals surface area (Å²) in [6.07, 6.45) is 1.04. The van der Waals surface area contributed by atoms with Gasteiger partial charge in [-0.2, -0.15) is 0 Å². The fourth-order valence-electron chi connectivity index (χ4n) is 1.50. The maximum absolute atomic E-state index is 12.0. The predicted molar refractivity (Wildman–Crippen MR) is 80.9 cm³/mol. The van der Waals surface area contributed by atoms with Gasteiger partial charge in [0.1, 0.15) is 5.75 Å². The number of hydrogen-bond donors (Lipinski definition) is 1. The van der Waals surface area contributed by atoms with Crippen LogP contribution in [0.3, 0.4) is 0 Å². The molecule has 0 aliphatic carbocycles. The highest BCUT2D eigenvalue weighted by Gasteiger charge is 2.14. The molecule has 7 nitrogen and oxygen atoms in total. The number of rotatable bonds is 4. The van der Waals surface area contributed by atoms with E-state index in [1.165, 1.54) is 36.6 Å². The summed E-state index contributed by atoms with van der Waals surface area (Å²) in [4.78, 5) is 26.6. The van der Waals surface area contributed by atoms with E-state index >= 15 is 0 Å². The minimum atomic E-state index is -3.40. The van der Waals surface area contributed by atoms with Gasteiger partial charge in [-0.25, -0.2) is 13.4 Å². The molecule has 0 saturated carbocycles. The van der Waals surface area contributed by atoms with Crippen molar-refractivity contribution in [1.29, 1.82) is 0 Å². The van der Waals surface area contributed by atoms with Crippen molar-refractivity contribution in [3.05, 3.63) is 35.2 Å². The van der Waals surface area contributed by atoms with E-state index in [0.717, 1.165) is 17.6 Å². The number of ether oxygens (including phenoxy) is 1. The van der Waals surface area contributed by atoms with Gasteiger partial charge in [0, 0.05) is 24.1 Å². The highest BCUT2D eigenvalue weighted by atomic mass is 32.2. The van der Waals surface area contributed by atoms with Gasteiger partial charge in [-0.05, 0) is 24.3 Å². The number of sulfone groups is 1. The van der Waals surface area contributed by atoms with Gasteiger partial charge in [-0.3, -0.25) is 14.9 Å². The molecule has 2 aromatic rings. The number of carbonyl (C=O) groups is 2. The standard InChI is InChI=1S/C13H12N2O5S2/c1-8(16)20-10-5-3-9(4-6-10)12(17)15-13-14-11(7-21-13)22(2,18)19/h3-7H,1-2H3,(H,14,15,17). The second-order valence-electron chi connectivity index (χ2n) is 4.34. The molecule has 0 radical (unpaired) electrons. The van der Waals surface area contributed by atoms with Gasteiger partial charge < -0.3 is 4.74 Å². The highest BCUT2D eigenvalue weighted by molar-refractivity contribution is 7.90. The van der Waals surface area contributed by atoms with Crippen molar-refractivity contribution >= 4 is 38.2 Å². The van der Waals surface area contributed by atoms with Gasteiger partial charge in [0.05, 0.1) is 0 Å². The lowest BCUT2D eigenvalue weighted by Crippen LogP contribution is -2.12. The molecular formula is C13H12N2O5S2. The number of nitrogens with zero attached hydrogens (tertiary/aromatic N) is 1.